The molecule has 2 fully saturated rings. The van der Waals surface area contributed by atoms with Crippen LogP contribution >= 0.6 is 11.3 Å². The highest BCUT2D eigenvalue weighted by Crippen LogP contribution is 2.21. The van der Waals surface area contributed by atoms with E-state index in [1.54, 1.807) is 12.1 Å². The molecule has 120 valence electrons. The Balaban J connectivity index is 1.62. The summed E-state index contributed by atoms with van der Waals surface area (Å²) in [5.41, 5.74) is 0. The van der Waals surface area contributed by atoms with Gasteiger partial charge in [0.25, 0.3) is 5.91 Å². The van der Waals surface area contributed by atoms with Crippen LogP contribution < -0.4 is 0 Å². The van der Waals surface area contributed by atoms with Crippen LogP contribution in [0.15, 0.2) is 12.1 Å². The van der Waals surface area contributed by atoms with Crippen LogP contribution in [0.25, 0.3) is 0 Å². The van der Waals surface area contributed by atoms with Crippen LogP contribution in [0.1, 0.15) is 39.1 Å². The van der Waals surface area contributed by atoms with Crippen molar-refractivity contribution in [2.24, 2.45) is 0 Å². The zero-order valence-electron chi connectivity index (χ0n) is 12.9. The molecule has 5 nitrogen and oxygen atoms in total. The van der Waals surface area contributed by atoms with Crippen molar-refractivity contribution < 1.29 is 14.3 Å². The van der Waals surface area contributed by atoms with Gasteiger partial charge in [0.15, 0.2) is 5.78 Å². The first-order valence-electron chi connectivity index (χ1n) is 7.87. The highest BCUT2D eigenvalue weighted by Gasteiger charge is 2.27. The fourth-order valence-corrected chi connectivity index (χ4v) is 3.98. The summed E-state index contributed by atoms with van der Waals surface area (Å²) in [5.74, 6) is 0.0781. The summed E-state index contributed by atoms with van der Waals surface area (Å²) in [4.78, 5) is 29.7. The zero-order chi connectivity index (χ0) is 15.5. The largest absolute Gasteiger partial charge is 0.380 e. The van der Waals surface area contributed by atoms with Gasteiger partial charge < -0.3 is 9.64 Å². The van der Waals surface area contributed by atoms with Gasteiger partial charge in [-0.2, -0.15) is 0 Å². The van der Waals surface area contributed by atoms with Gasteiger partial charge in [-0.05, 0) is 31.9 Å². The van der Waals surface area contributed by atoms with Crippen LogP contribution in [-0.2, 0) is 4.74 Å². The topological polar surface area (TPSA) is 49.9 Å². The third-order valence-electron chi connectivity index (χ3n) is 4.40. The molecule has 1 atom stereocenters. The van der Waals surface area contributed by atoms with Crippen molar-refractivity contribution in [3.63, 3.8) is 0 Å². The minimum Gasteiger partial charge on any atom is -0.380 e. The monoisotopic (exact) mass is 322 g/mol. The Morgan fingerprint density at radius 3 is 2.68 bits per heavy atom. The van der Waals surface area contributed by atoms with E-state index in [4.69, 9.17) is 4.74 Å². The van der Waals surface area contributed by atoms with Gasteiger partial charge in [-0.1, -0.05) is 0 Å². The number of thiophene rings is 1. The van der Waals surface area contributed by atoms with Crippen molar-refractivity contribution in [1.29, 1.82) is 0 Å². The number of hydrogen-bond donors (Lipinski definition) is 0. The van der Waals surface area contributed by atoms with Gasteiger partial charge in [0.05, 0.1) is 16.4 Å². The lowest BCUT2D eigenvalue weighted by atomic mass is 10.2. The Morgan fingerprint density at radius 1 is 1.18 bits per heavy atom. The van der Waals surface area contributed by atoms with Crippen LogP contribution in [0.4, 0.5) is 0 Å². The summed E-state index contributed by atoms with van der Waals surface area (Å²) in [5, 5.41) is 0. The lowest BCUT2D eigenvalue weighted by Crippen LogP contribution is -2.39. The van der Waals surface area contributed by atoms with Gasteiger partial charge >= 0.3 is 0 Å². The number of ether oxygens (including phenoxy) is 1. The first-order chi connectivity index (χ1) is 10.6. The quantitative estimate of drug-likeness (QED) is 0.798. The molecule has 0 N–H and O–H groups in total. The Labute approximate surface area is 134 Å². The van der Waals surface area contributed by atoms with E-state index in [-0.39, 0.29) is 11.7 Å². The average Bonchev–Trinajstić information content (AvgIpc) is 3.14. The predicted octanol–water partition coefficient (Wildman–Crippen LogP) is 1.89. The van der Waals surface area contributed by atoms with E-state index >= 15 is 0 Å². The Morgan fingerprint density at radius 2 is 2.00 bits per heavy atom. The van der Waals surface area contributed by atoms with E-state index in [0.717, 1.165) is 52.2 Å². The molecule has 1 amide bonds. The van der Waals surface area contributed by atoms with E-state index in [1.165, 1.54) is 18.3 Å². The summed E-state index contributed by atoms with van der Waals surface area (Å²) in [6, 6.07) is 4.04. The average molecular weight is 322 g/mol. The summed E-state index contributed by atoms with van der Waals surface area (Å²) < 4.78 is 5.47. The molecule has 6 heteroatoms. The molecule has 0 spiro atoms. The normalized spacial score (nSPS) is 23.5. The number of rotatable bonds is 3. The fraction of sp³-hybridized carbons (Fsp3) is 0.625. The summed E-state index contributed by atoms with van der Waals surface area (Å²) >= 11 is 1.30. The second-order valence-electron chi connectivity index (χ2n) is 5.92. The molecule has 0 aliphatic carbocycles. The van der Waals surface area contributed by atoms with Crippen LogP contribution in [-0.4, -0.2) is 66.9 Å². The van der Waals surface area contributed by atoms with E-state index in [2.05, 4.69) is 4.90 Å². The summed E-state index contributed by atoms with van der Waals surface area (Å²) in [6.45, 7) is 6.69. The molecular formula is C16H22N2O3S. The van der Waals surface area contributed by atoms with Crippen molar-refractivity contribution in [1.82, 2.24) is 9.80 Å². The lowest BCUT2D eigenvalue weighted by molar-refractivity contribution is 0.0761. The SMILES string of the molecule is CC(=O)c1ccc(C(=O)N2CCCN(C3CCOC3)CC2)s1. The number of hydrogen-bond acceptors (Lipinski definition) is 5. The number of ketones is 1. The number of nitrogens with zero attached hydrogens (tertiary/aromatic N) is 2. The first-order valence-corrected chi connectivity index (χ1v) is 8.68. The maximum Gasteiger partial charge on any atom is 0.263 e. The van der Waals surface area contributed by atoms with Gasteiger partial charge in [0.2, 0.25) is 0 Å². The smallest absolute Gasteiger partial charge is 0.263 e. The third-order valence-corrected chi connectivity index (χ3v) is 5.58. The van der Waals surface area contributed by atoms with Crippen molar-refractivity contribution in [3.8, 4) is 0 Å². The number of amides is 1. The molecule has 1 unspecified atom stereocenters. The number of Topliss-reactive ketones (excluding diaryl/α,β-unsaturated/α-hetero) is 1. The molecule has 0 saturated carbocycles. The predicted molar refractivity (Wildman–Crippen MR) is 85.6 cm³/mol. The van der Waals surface area contributed by atoms with Gasteiger partial charge in [0.1, 0.15) is 0 Å². The highest BCUT2D eigenvalue weighted by molar-refractivity contribution is 7.15. The van der Waals surface area contributed by atoms with E-state index < -0.39 is 0 Å². The second kappa shape index (κ2) is 6.89. The van der Waals surface area contributed by atoms with E-state index in [9.17, 15) is 9.59 Å². The maximum absolute atomic E-state index is 12.6. The van der Waals surface area contributed by atoms with E-state index in [0.29, 0.717) is 15.8 Å². The van der Waals surface area contributed by atoms with Gasteiger partial charge in [-0.15, -0.1) is 11.3 Å². The van der Waals surface area contributed by atoms with Crippen LogP contribution in [0.2, 0.25) is 0 Å². The number of carbonyl (C=O) groups excluding carboxylic acids is 2. The van der Waals surface area contributed by atoms with Crippen LogP contribution in [0.5, 0.6) is 0 Å². The molecule has 0 bridgehead atoms. The molecule has 3 heterocycles. The van der Waals surface area contributed by atoms with Crippen LogP contribution in [0, 0.1) is 0 Å². The van der Waals surface area contributed by atoms with Gasteiger partial charge in [-0.3, -0.25) is 14.5 Å². The third kappa shape index (κ3) is 3.39. The minimum atomic E-state index is 0.0207. The lowest BCUT2D eigenvalue weighted by Gasteiger charge is -2.26. The van der Waals surface area contributed by atoms with Gasteiger partial charge in [0, 0.05) is 38.8 Å². The standard InChI is InChI=1S/C16H22N2O3S/c1-12(19)14-3-4-15(22-14)16(20)18-7-2-6-17(8-9-18)13-5-10-21-11-13/h3-4,13H,2,5-11H2,1H3. The van der Waals surface area contributed by atoms with Crippen molar-refractivity contribution in [2.75, 3.05) is 39.4 Å². The Kier molecular flexibility index (Phi) is 4.90. The molecule has 2 saturated heterocycles. The molecule has 1 aromatic heterocycles. The molecule has 3 rings (SSSR count). The van der Waals surface area contributed by atoms with Crippen molar-refractivity contribution in [3.05, 3.63) is 21.9 Å². The molecule has 2 aliphatic heterocycles. The minimum absolute atomic E-state index is 0.0207. The molecule has 22 heavy (non-hydrogen) atoms. The van der Waals surface area contributed by atoms with Crippen LogP contribution in [0.3, 0.4) is 0 Å². The zero-order valence-corrected chi connectivity index (χ0v) is 13.7. The molecule has 0 radical (unpaired) electrons. The molecular weight excluding hydrogens is 300 g/mol. The summed E-state index contributed by atoms with van der Waals surface area (Å²) in [6.07, 6.45) is 2.09. The number of carbonyl (C=O) groups is 2. The Bertz CT molecular complexity index is 551. The second-order valence-corrected chi connectivity index (χ2v) is 7.00. The highest BCUT2D eigenvalue weighted by atomic mass is 32.1. The van der Waals surface area contributed by atoms with E-state index in [1.807, 2.05) is 4.90 Å². The summed E-state index contributed by atoms with van der Waals surface area (Å²) in [7, 11) is 0. The van der Waals surface area contributed by atoms with Gasteiger partial charge in [-0.25, -0.2) is 0 Å². The maximum atomic E-state index is 12.6. The molecule has 0 aromatic carbocycles. The van der Waals surface area contributed by atoms with Crippen molar-refractivity contribution >= 4 is 23.0 Å². The molecule has 1 aromatic rings. The fourth-order valence-electron chi connectivity index (χ4n) is 3.11. The molecule has 2 aliphatic rings. The van der Waals surface area contributed by atoms with Crippen molar-refractivity contribution in [2.45, 2.75) is 25.8 Å². The Hall–Kier alpha value is -1.24. The first kappa shape index (κ1) is 15.6.